The van der Waals surface area contributed by atoms with Gasteiger partial charge in [-0.25, -0.2) is 9.37 Å². The highest BCUT2D eigenvalue weighted by atomic mass is 19.1. The van der Waals surface area contributed by atoms with Crippen LogP contribution < -0.4 is 0 Å². The molecule has 2 aliphatic heterocycles. The molecule has 0 saturated carbocycles. The van der Waals surface area contributed by atoms with E-state index in [2.05, 4.69) is 14.5 Å². The molecule has 2 fully saturated rings. The summed E-state index contributed by atoms with van der Waals surface area (Å²) >= 11 is 0. The van der Waals surface area contributed by atoms with Crippen molar-refractivity contribution in [2.24, 2.45) is 5.92 Å². The van der Waals surface area contributed by atoms with Gasteiger partial charge in [0, 0.05) is 44.5 Å². The summed E-state index contributed by atoms with van der Waals surface area (Å²) < 4.78 is 27.3. The van der Waals surface area contributed by atoms with Gasteiger partial charge in [0.1, 0.15) is 11.4 Å². The standard InChI is InChI=1S/C19H24FN3O2/c20-18-3-1-16(2-4-18)10-22-7-8-24-14-19(13-22)9-17(12-25-19)11-23-6-5-21-15-23/h1-6,15,17H,7-14H2. The molecule has 5 nitrogen and oxygen atoms in total. The number of imidazole rings is 1. The fraction of sp³-hybridized carbons (Fsp3) is 0.526. The van der Waals surface area contributed by atoms with E-state index in [1.807, 2.05) is 30.9 Å². The predicted molar refractivity (Wildman–Crippen MR) is 91.5 cm³/mol. The van der Waals surface area contributed by atoms with Crippen molar-refractivity contribution in [1.29, 1.82) is 0 Å². The third-order valence-electron chi connectivity index (χ3n) is 5.06. The number of halogens is 1. The lowest BCUT2D eigenvalue weighted by molar-refractivity contribution is -0.0563. The van der Waals surface area contributed by atoms with Crippen LogP contribution >= 0.6 is 0 Å². The maximum atomic E-state index is 13.1. The largest absolute Gasteiger partial charge is 0.377 e. The van der Waals surface area contributed by atoms with Crippen molar-refractivity contribution < 1.29 is 13.9 Å². The van der Waals surface area contributed by atoms with E-state index in [1.165, 1.54) is 12.1 Å². The van der Waals surface area contributed by atoms with E-state index in [4.69, 9.17) is 9.47 Å². The summed E-state index contributed by atoms with van der Waals surface area (Å²) in [4.78, 5) is 6.47. The van der Waals surface area contributed by atoms with Crippen LogP contribution in [0.25, 0.3) is 0 Å². The van der Waals surface area contributed by atoms with E-state index in [1.54, 1.807) is 0 Å². The Bertz CT molecular complexity index is 676. The molecule has 0 N–H and O–H groups in total. The van der Waals surface area contributed by atoms with E-state index < -0.39 is 0 Å². The normalized spacial score (nSPS) is 27.6. The van der Waals surface area contributed by atoms with Crippen LogP contribution in [0.4, 0.5) is 4.39 Å². The summed E-state index contributed by atoms with van der Waals surface area (Å²) in [6.45, 7) is 5.55. The number of aromatic nitrogens is 2. The zero-order valence-electron chi connectivity index (χ0n) is 14.3. The zero-order valence-corrected chi connectivity index (χ0v) is 14.3. The monoisotopic (exact) mass is 345 g/mol. The first-order valence-corrected chi connectivity index (χ1v) is 8.85. The molecule has 2 aromatic rings. The van der Waals surface area contributed by atoms with Gasteiger partial charge >= 0.3 is 0 Å². The highest BCUT2D eigenvalue weighted by Gasteiger charge is 2.43. The van der Waals surface area contributed by atoms with E-state index >= 15 is 0 Å². The first-order chi connectivity index (χ1) is 12.2. The first-order valence-electron chi connectivity index (χ1n) is 8.85. The highest BCUT2D eigenvalue weighted by Crippen LogP contribution is 2.34. The van der Waals surface area contributed by atoms with Gasteiger partial charge in [0.2, 0.25) is 0 Å². The van der Waals surface area contributed by atoms with Crippen molar-refractivity contribution in [1.82, 2.24) is 14.5 Å². The number of ether oxygens (including phenoxy) is 2. The Morgan fingerprint density at radius 1 is 1.28 bits per heavy atom. The van der Waals surface area contributed by atoms with Gasteiger partial charge in [-0.3, -0.25) is 4.90 Å². The highest BCUT2D eigenvalue weighted by molar-refractivity contribution is 5.16. The zero-order chi connectivity index (χ0) is 17.1. The van der Waals surface area contributed by atoms with Crippen LogP contribution in [-0.2, 0) is 22.6 Å². The van der Waals surface area contributed by atoms with Crippen molar-refractivity contribution in [2.45, 2.75) is 25.1 Å². The second-order valence-corrected chi connectivity index (χ2v) is 7.21. The molecule has 1 aromatic heterocycles. The molecule has 4 rings (SSSR count). The molecule has 6 heteroatoms. The van der Waals surface area contributed by atoms with Gasteiger partial charge in [0.15, 0.2) is 0 Å². The van der Waals surface area contributed by atoms with Crippen LogP contribution in [0.3, 0.4) is 0 Å². The number of benzene rings is 1. The van der Waals surface area contributed by atoms with Crippen molar-refractivity contribution in [3.63, 3.8) is 0 Å². The Labute approximate surface area is 147 Å². The fourth-order valence-corrected chi connectivity index (χ4v) is 3.93. The molecule has 0 amide bonds. The van der Waals surface area contributed by atoms with Gasteiger partial charge in [-0.15, -0.1) is 0 Å². The molecule has 0 bridgehead atoms. The smallest absolute Gasteiger partial charge is 0.123 e. The molecule has 2 aliphatic rings. The summed E-state index contributed by atoms with van der Waals surface area (Å²) in [5.41, 5.74) is 0.883. The summed E-state index contributed by atoms with van der Waals surface area (Å²) in [6, 6.07) is 6.75. The molecule has 25 heavy (non-hydrogen) atoms. The number of rotatable bonds is 4. The summed E-state index contributed by atoms with van der Waals surface area (Å²) in [5, 5.41) is 0. The first kappa shape index (κ1) is 16.7. The third kappa shape index (κ3) is 4.08. The Morgan fingerprint density at radius 2 is 2.16 bits per heavy atom. The minimum atomic E-state index is -0.234. The lowest BCUT2D eigenvalue weighted by Gasteiger charge is -2.31. The number of hydrogen-bond donors (Lipinski definition) is 0. The van der Waals surface area contributed by atoms with Gasteiger partial charge in [-0.2, -0.15) is 0 Å². The van der Waals surface area contributed by atoms with Crippen LogP contribution in [0.1, 0.15) is 12.0 Å². The number of nitrogens with zero attached hydrogens (tertiary/aromatic N) is 3. The summed E-state index contributed by atoms with van der Waals surface area (Å²) in [5.74, 6) is 0.282. The van der Waals surface area contributed by atoms with Crippen molar-refractivity contribution >= 4 is 0 Å². The lowest BCUT2D eigenvalue weighted by Crippen LogP contribution is -2.43. The van der Waals surface area contributed by atoms with E-state index in [9.17, 15) is 4.39 Å². The molecule has 134 valence electrons. The van der Waals surface area contributed by atoms with Gasteiger partial charge in [-0.05, 0) is 24.1 Å². The third-order valence-corrected chi connectivity index (χ3v) is 5.06. The van der Waals surface area contributed by atoms with Crippen LogP contribution in [0.5, 0.6) is 0 Å². The number of hydrogen-bond acceptors (Lipinski definition) is 4. The van der Waals surface area contributed by atoms with Crippen LogP contribution in [0.15, 0.2) is 43.0 Å². The SMILES string of the molecule is Fc1ccc(CN2CCOCC3(CC(Cn4ccnc4)CO3)C2)cc1. The predicted octanol–water partition coefficient (Wildman–Crippen LogP) is 2.33. The molecule has 2 atom stereocenters. The molecule has 0 aliphatic carbocycles. The average molecular weight is 345 g/mol. The van der Waals surface area contributed by atoms with Crippen LogP contribution in [0, 0.1) is 11.7 Å². The maximum absolute atomic E-state index is 13.1. The van der Waals surface area contributed by atoms with Gasteiger partial charge in [-0.1, -0.05) is 12.1 Å². The Kier molecular flexibility index (Phi) is 4.83. The quantitative estimate of drug-likeness (QED) is 0.853. The van der Waals surface area contributed by atoms with Crippen molar-refractivity contribution in [3.8, 4) is 0 Å². The van der Waals surface area contributed by atoms with Gasteiger partial charge in [0.05, 0.1) is 26.1 Å². The van der Waals surface area contributed by atoms with E-state index in [0.29, 0.717) is 19.1 Å². The molecule has 1 aromatic carbocycles. The molecule has 2 saturated heterocycles. The van der Waals surface area contributed by atoms with Crippen LogP contribution in [0.2, 0.25) is 0 Å². The minimum absolute atomic E-state index is 0.194. The topological polar surface area (TPSA) is 39.5 Å². The molecular weight excluding hydrogens is 321 g/mol. The lowest BCUT2D eigenvalue weighted by atomic mass is 9.94. The minimum Gasteiger partial charge on any atom is -0.377 e. The molecule has 3 heterocycles. The fourth-order valence-electron chi connectivity index (χ4n) is 3.93. The molecule has 0 radical (unpaired) electrons. The van der Waals surface area contributed by atoms with E-state index in [-0.39, 0.29) is 11.4 Å². The van der Waals surface area contributed by atoms with Crippen molar-refractivity contribution in [3.05, 3.63) is 54.4 Å². The second kappa shape index (κ2) is 7.23. The molecule has 1 spiro atoms. The Morgan fingerprint density at radius 3 is 2.96 bits per heavy atom. The molecular formula is C19H24FN3O2. The van der Waals surface area contributed by atoms with Crippen LogP contribution in [-0.4, -0.2) is 53.0 Å². The molecule has 2 unspecified atom stereocenters. The summed E-state index contributed by atoms with van der Waals surface area (Å²) in [7, 11) is 0. The maximum Gasteiger partial charge on any atom is 0.123 e. The van der Waals surface area contributed by atoms with Crippen molar-refractivity contribution in [2.75, 3.05) is 32.9 Å². The average Bonchev–Trinajstić information content (AvgIpc) is 3.20. The van der Waals surface area contributed by atoms with Gasteiger partial charge < -0.3 is 14.0 Å². The van der Waals surface area contributed by atoms with E-state index in [0.717, 1.165) is 44.8 Å². The Balaban J connectivity index is 1.40. The summed E-state index contributed by atoms with van der Waals surface area (Å²) in [6.07, 6.45) is 6.65. The Hall–Kier alpha value is -1.76. The second-order valence-electron chi connectivity index (χ2n) is 7.21. The van der Waals surface area contributed by atoms with Gasteiger partial charge in [0.25, 0.3) is 0 Å².